The monoisotopic (exact) mass is 375 g/mol. The molecule has 0 aliphatic carbocycles. The summed E-state index contributed by atoms with van der Waals surface area (Å²) in [4.78, 5) is 17.4. The van der Waals surface area contributed by atoms with Crippen molar-refractivity contribution in [2.75, 3.05) is 24.3 Å². The van der Waals surface area contributed by atoms with E-state index in [0.717, 1.165) is 32.5 Å². The van der Waals surface area contributed by atoms with Gasteiger partial charge in [-0.15, -0.1) is 0 Å². The van der Waals surface area contributed by atoms with Crippen LogP contribution in [0.2, 0.25) is 0 Å². The highest BCUT2D eigenvalue weighted by Crippen LogP contribution is 2.41. The van der Waals surface area contributed by atoms with E-state index in [4.69, 9.17) is 15.5 Å². The molecule has 3 N–H and O–H groups in total. The standard InChI is InChI=1S/C23H25N3O2/c24-19-5-1-2-6-20(19)26-22(27)17-8-10-18(11-9-17)23(12-15-28-16-13-23)21-7-3-4-14-25-21/h1-6,8-11,14,21H,7,12-13,15-16,24H2,(H,26,27). The zero-order valence-electron chi connectivity index (χ0n) is 15.8. The number of anilines is 2. The predicted molar refractivity (Wildman–Crippen MR) is 113 cm³/mol. The fourth-order valence-corrected chi connectivity index (χ4v) is 4.16. The summed E-state index contributed by atoms with van der Waals surface area (Å²) in [7, 11) is 0. The summed E-state index contributed by atoms with van der Waals surface area (Å²) in [6.07, 6.45) is 8.90. The Morgan fingerprint density at radius 2 is 1.86 bits per heavy atom. The Morgan fingerprint density at radius 3 is 2.54 bits per heavy atom. The van der Waals surface area contributed by atoms with Crippen LogP contribution in [0.1, 0.15) is 35.2 Å². The maximum Gasteiger partial charge on any atom is 0.255 e. The molecule has 1 fully saturated rings. The third kappa shape index (κ3) is 3.58. The minimum atomic E-state index is -0.163. The SMILES string of the molecule is Nc1ccccc1NC(=O)c1ccc(C2(C3CC=CC=N3)CCOCC2)cc1. The lowest BCUT2D eigenvalue weighted by Gasteiger charge is -2.42. The van der Waals surface area contributed by atoms with Crippen LogP contribution in [0.4, 0.5) is 11.4 Å². The zero-order valence-corrected chi connectivity index (χ0v) is 15.8. The lowest BCUT2D eigenvalue weighted by molar-refractivity contribution is 0.0406. The number of dihydropyridines is 1. The molecule has 1 unspecified atom stereocenters. The molecule has 0 radical (unpaired) electrons. The van der Waals surface area contributed by atoms with E-state index in [9.17, 15) is 4.79 Å². The molecule has 2 heterocycles. The number of nitrogens with one attached hydrogen (secondary N) is 1. The summed E-state index contributed by atoms with van der Waals surface area (Å²) < 4.78 is 5.63. The highest BCUT2D eigenvalue weighted by molar-refractivity contribution is 6.05. The molecular formula is C23H25N3O2. The van der Waals surface area contributed by atoms with Crippen molar-refractivity contribution in [2.45, 2.75) is 30.7 Å². The van der Waals surface area contributed by atoms with Crippen molar-refractivity contribution in [2.24, 2.45) is 4.99 Å². The van der Waals surface area contributed by atoms with E-state index < -0.39 is 0 Å². The Hall–Kier alpha value is -2.92. The van der Waals surface area contributed by atoms with Gasteiger partial charge in [0.1, 0.15) is 0 Å². The molecule has 5 heteroatoms. The van der Waals surface area contributed by atoms with Gasteiger partial charge in [-0.3, -0.25) is 9.79 Å². The Morgan fingerprint density at radius 1 is 1.11 bits per heavy atom. The number of benzene rings is 2. The van der Waals surface area contributed by atoms with E-state index in [-0.39, 0.29) is 17.4 Å². The van der Waals surface area contributed by atoms with Crippen molar-refractivity contribution in [3.63, 3.8) is 0 Å². The highest BCUT2D eigenvalue weighted by Gasteiger charge is 2.41. The average molecular weight is 375 g/mol. The molecule has 144 valence electrons. The second-order valence-electron chi connectivity index (χ2n) is 7.37. The molecule has 2 aromatic rings. The number of para-hydroxylation sites is 2. The molecule has 0 saturated carbocycles. The first kappa shape index (κ1) is 18.4. The normalized spacial score (nSPS) is 20.6. The van der Waals surface area contributed by atoms with Crippen molar-refractivity contribution in [3.05, 3.63) is 71.8 Å². The number of ether oxygens (including phenoxy) is 1. The Balaban J connectivity index is 1.57. The number of allylic oxidation sites excluding steroid dienone is 1. The van der Waals surface area contributed by atoms with Crippen molar-refractivity contribution in [1.29, 1.82) is 0 Å². The first-order valence-corrected chi connectivity index (χ1v) is 9.71. The molecule has 2 aliphatic rings. The van der Waals surface area contributed by atoms with Crippen LogP contribution in [0.3, 0.4) is 0 Å². The van der Waals surface area contributed by atoms with Gasteiger partial charge in [0.15, 0.2) is 0 Å². The molecule has 5 nitrogen and oxygen atoms in total. The van der Waals surface area contributed by atoms with Gasteiger partial charge in [-0.25, -0.2) is 0 Å². The van der Waals surface area contributed by atoms with Crippen molar-refractivity contribution < 1.29 is 9.53 Å². The van der Waals surface area contributed by atoms with Crippen molar-refractivity contribution in [3.8, 4) is 0 Å². The zero-order chi connectivity index (χ0) is 19.4. The van der Waals surface area contributed by atoms with Gasteiger partial charge < -0.3 is 15.8 Å². The fourth-order valence-electron chi connectivity index (χ4n) is 4.16. The Kier molecular flexibility index (Phi) is 5.26. The van der Waals surface area contributed by atoms with E-state index in [1.165, 1.54) is 5.56 Å². The number of rotatable bonds is 4. The topological polar surface area (TPSA) is 76.7 Å². The summed E-state index contributed by atoms with van der Waals surface area (Å²) >= 11 is 0. The van der Waals surface area contributed by atoms with Crippen LogP contribution < -0.4 is 11.1 Å². The summed E-state index contributed by atoms with van der Waals surface area (Å²) in [5.74, 6) is -0.163. The van der Waals surface area contributed by atoms with Crippen molar-refractivity contribution >= 4 is 23.5 Å². The molecule has 2 aromatic carbocycles. The lowest BCUT2D eigenvalue weighted by atomic mass is 9.67. The molecule has 1 saturated heterocycles. The van der Waals surface area contributed by atoms with E-state index >= 15 is 0 Å². The molecule has 2 aliphatic heterocycles. The number of nitrogens with two attached hydrogens (primary N) is 1. The van der Waals surface area contributed by atoms with Crippen LogP contribution in [-0.4, -0.2) is 31.4 Å². The molecule has 0 spiro atoms. The number of nitrogen functional groups attached to an aromatic ring is 1. The number of hydrogen-bond acceptors (Lipinski definition) is 4. The number of hydrogen-bond donors (Lipinski definition) is 2. The molecule has 4 rings (SSSR count). The lowest BCUT2D eigenvalue weighted by Crippen LogP contribution is -2.43. The first-order chi connectivity index (χ1) is 13.7. The summed E-state index contributed by atoms with van der Waals surface area (Å²) in [5.41, 5.74) is 8.90. The second-order valence-corrected chi connectivity index (χ2v) is 7.37. The third-order valence-corrected chi connectivity index (χ3v) is 5.80. The van der Waals surface area contributed by atoms with E-state index in [1.807, 2.05) is 36.6 Å². The second kappa shape index (κ2) is 7.98. The molecule has 0 bridgehead atoms. The maximum atomic E-state index is 12.6. The predicted octanol–water partition coefficient (Wildman–Crippen LogP) is 3.97. The van der Waals surface area contributed by atoms with Crippen LogP contribution in [0.5, 0.6) is 0 Å². The van der Waals surface area contributed by atoms with E-state index in [2.05, 4.69) is 23.5 Å². The van der Waals surface area contributed by atoms with Crippen LogP contribution in [0, 0.1) is 0 Å². The van der Waals surface area contributed by atoms with Gasteiger partial charge in [0, 0.05) is 30.4 Å². The van der Waals surface area contributed by atoms with Gasteiger partial charge in [-0.1, -0.05) is 30.3 Å². The highest BCUT2D eigenvalue weighted by atomic mass is 16.5. The van der Waals surface area contributed by atoms with Crippen LogP contribution in [-0.2, 0) is 10.2 Å². The largest absolute Gasteiger partial charge is 0.397 e. The molecular weight excluding hydrogens is 350 g/mol. The van der Waals surface area contributed by atoms with E-state index in [1.54, 1.807) is 12.1 Å². The van der Waals surface area contributed by atoms with Crippen LogP contribution in [0.25, 0.3) is 0 Å². The quantitative estimate of drug-likeness (QED) is 0.794. The van der Waals surface area contributed by atoms with Crippen LogP contribution >= 0.6 is 0 Å². The molecule has 1 atom stereocenters. The van der Waals surface area contributed by atoms with Gasteiger partial charge in [-0.05, 0) is 55.2 Å². The Labute approximate surface area is 165 Å². The Bertz CT molecular complexity index is 896. The first-order valence-electron chi connectivity index (χ1n) is 9.71. The molecule has 28 heavy (non-hydrogen) atoms. The minimum absolute atomic E-state index is 0.0433. The number of carbonyl (C=O) groups excluding carboxylic acids is 1. The molecule has 0 aromatic heterocycles. The number of nitrogens with zero attached hydrogens (tertiary/aromatic N) is 1. The third-order valence-electron chi connectivity index (χ3n) is 5.80. The van der Waals surface area contributed by atoms with Crippen LogP contribution in [0.15, 0.2) is 65.7 Å². The number of amides is 1. The van der Waals surface area contributed by atoms with E-state index in [0.29, 0.717) is 16.9 Å². The number of aliphatic imine (C=N–C) groups is 1. The maximum absolute atomic E-state index is 12.6. The smallest absolute Gasteiger partial charge is 0.255 e. The van der Waals surface area contributed by atoms with Crippen molar-refractivity contribution in [1.82, 2.24) is 0 Å². The van der Waals surface area contributed by atoms with Gasteiger partial charge in [-0.2, -0.15) is 0 Å². The van der Waals surface area contributed by atoms with Gasteiger partial charge in [0.25, 0.3) is 5.91 Å². The minimum Gasteiger partial charge on any atom is -0.397 e. The van der Waals surface area contributed by atoms with Gasteiger partial charge >= 0.3 is 0 Å². The summed E-state index contributed by atoms with van der Waals surface area (Å²) in [6, 6.07) is 15.4. The average Bonchev–Trinajstić information content (AvgIpc) is 2.76. The number of carbonyl (C=O) groups is 1. The van der Waals surface area contributed by atoms with Gasteiger partial charge in [0.2, 0.25) is 0 Å². The summed E-state index contributed by atoms with van der Waals surface area (Å²) in [6.45, 7) is 1.48. The summed E-state index contributed by atoms with van der Waals surface area (Å²) in [5, 5.41) is 2.88. The fraction of sp³-hybridized carbons (Fsp3) is 0.304. The molecule has 1 amide bonds. The van der Waals surface area contributed by atoms with Gasteiger partial charge in [0.05, 0.1) is 17.4 Å².